The minimum atomic E-state index is -1.27. The van der Waals surface area contributed by atoms with Gasteiger partial charge in [0.15, 0.2) is 0 Å². The highest BCUT2D eigenvalue weighted by Crippen LogP contribution is 2.40. The van der Waals surface area contributed by atoms with Crippen molar-refractivity contribution in [2.75, 3.05) is 6.61 Å². The zero-order valence-electron chi connectivity index (χ0n) is 15.1. The van der Waals surface area contributed by atoms with Crippen molar-refractivity contribution in [3.05, 3.63) is 33.0 Å². The van der Waals surface area contributed by atoms with Crippen molar-refractivity contribution in [2.45, 2.75) is 50.4 Å². The van der Waals surface area contributed by atoms with Crippen molar-refractivity contribution in [1.29, 1.82) is 0 Å². The summed E-state index contributed by atoms with van der Waals surface area (Å²) in [7, 11) is 0. The molecule has 1 heterocycles. The van der Waals surface area contributed by atoms with Crippen LogP contribution in [0.25, 0.3) is 0 Å². The fourth-order valence-electron chi connectivity index (χ4n) is 3.15. The molecule has 0 spiro atoms. The number of carboxylic acids is 1. The summed E-state index contributed by atoms with van der Waals surface area (Å²) >= 11 is 9.22. The second-order valence-corrected chi connectivity index (χ2v) is 7.88. The van der Waals surface area contributed by atoms with Gasteiger partial charge in [-0.1, -0.05) is 27.5 Å². The number of hydrogen-bond acceptors (Lipinski definition) is 5. The van der Waals surface area contributed by atoms with E-state index < -0.39 is 41.9 Å². The summed E-state index contributed by atoms with van der Waals surface area (Å²) in [6, 6.07) is 0.664. The molecule has 3 atom stereocenters. The lowest BCUT2D eigenvalue weighted by molar-refractivity contribution is -0.140. The molecule has 0 saturated carbocycles. The van der Waals surface area contributed by atoms with Crippen LogP contribution in [0.15, 0.2) is 16.6 Å². The molecule has 154 valence electrons. The molecule has 1 unspecified atom stereocenters. The zero-order chi connectivity index (χ0) is 20.9. The van der Waals surface area contributed by atoms with E-state index in [1.54, 1.807) is 6.07 Å². The van der Waals surface area contributed by atoms with Crippen molar-refractivity contribution in [2.24, 2.45) is 0 Å². The molecular weight excluding hydrogens is 459 g/mol. The third kappa shape index (κ3) is 5.50. The van der Waals surface area contributed by atoms with E-state index in [1.807, 2.05) is 0 Å². The molecule has 0 aromatic heterocycles. The minimum Gasteiger partial charge on any atom is -0.481 e. The summed E-state index contributed by atoms with van der Waals surface area (Å²) in [5, 5.41) is 14.4. The molecule has 1 aromatic rings. The third-order valence-corrected chi connectivity index (χ3v) is 5.26. The normalized spacial score (nSPS) is 21.6. The molecule has 1 fully saturated rings. The number of amides is 1. The lowest BCUT2D eigenvalue weighted by Crippen LogP contribution is -2.57. The van der Waals surface area contributed by atoms with Gasteiger partial charge in [-0.2, -0.15) is 0 Å². The molecule has 28 heavy (non-hydrogen) atoms. The van der Waals surface area contributed by atoms with E-state index in [0.717, 1.165) is 12.8 Å². The first kappa shape index (κ1) is 22.7. The zero-order valence-corrected chi connectivity index (χ0v) is 17.5. The van der Waals surface area contributed by atoms with Crippen LogP contribution in [0.3, 0.4) is 0 Å². The number of aliphatic carboxylic acids is 1. The number of benzene rings is 1. The Hall–Kier alpha value is -1.55. The van der Waals surface area contributed by atoms with E-state index in [4.69, 9.17) is 21.4 Å². The molecular formula is C18H21BrClFN2O5. The molecule has 0 aliphatic carbocycles. The summed E-state index contributed by atoms with van der Waals surface area (Å²) < 4.78 is 21.1. The van der Waals surface area contributed by atoms with Gasteiger partial charge in [0.2, 0.25) is 5.91 Å². The Morgan fingerprint density at radius 2 is 2.18 bits per heavy atom. The van der Waals surface area contributed by atoms with Crippen molar-refractivity contribution in [3.63, 3.8) is 0 Å². The number of carboxylic acid groups (broad SMARTS) is 1. The summed E-state index contributed by atoms with van der Waals surface area (Å²) in [6.07, 6.45) is 1.78. The van der Waals surface area contributed by atoms with Gasteiger partial charge < -0.3 is 20.0 Å². The van der Waals surface area contributed by atoms with Crippen LogP contribution >= 0.6 is 27.5 Å². The number of carbonyl (C=O) groups is 3. The van der Waals surface area contributed by atoms with Crippen LogP contribution in [0.1, 0.15) is 38.2 Å². The van der Waals surface area contributed by atoms with Gasteiger partial charge in [-0.05, 0) is 38.3 Å². The fourth-order valence-corrected chi connectivity index (χ4v) is 4.24. The minimum absolute atomic E-state index is 0.203. The molecule has 2 rings (SSSR count). The molecule has 0 radical (unpaired) electrons. The number of hydrogen-bond donors (Lipinski definition) is 3. The highest BCUT2D eigenvalue weighted by Gasteiger charge is 2.41. The van der Waals surface area contributed by atoms with Crippen LogP contribution in [0.5, 0.6) is 0 Å². The van der Waals surface area contributed by atoms with E-state index in [-0.39, 0.29) is 10.6 Å². The molecule has 10 heteroatoms. The summed E-state index contributed by atoms with van der Waals surface area (Å²) in [6.45, 7) is 1.89. The van der Waals surface area contributed by atoms with Crippen molar-refractivity contribution in [1.82, 2.24) is 10.6 Å². The maximum absolute atomic E-state index is 14.8. The summed E-state index contributed by atoms with van der Waals surface area (Å²) in [5.41, 5.74) is -1.07. The maximum atomic E-state index is 14.8. The molecule has 1 aliphatic rings. The van der Waals surface area contributed by atoms with Gasteiger partial charge in [0.25, 0.3) is 0 Å². The monoisotopic (exact) mass is 478 g/mol. The predicted molar refractivity (Wildman–Crippen MR) is 103 cm³/mol. The van der Waals surface area contributed by atoms with Crippen molar-refractivity contribution in [3.8, 4) is 0 Å². The smallest absolute Gasteiger partial charge is 0.305 e. The SMILES string of the molecule is C[C@H](NC1(c2c(F)cc(Cl)cc2Br)CCCCO1)C(=O)N[C@H](C=O)CC(=O)O. The number of rotatable bonds is 8. The van der Waals surface area contributed by atoms with E-state index in [0.29, 0.717) is 23.8 Å². The van der Waals surface area contributed by atoms with Gasteiger partial charge in [0.1, 0.15) is 17.8 Å². The van der Waals surface area contributed by atoms with Gasteiger partial charge >= 0.3 is 5.97 Å². The number of halogens is 3. The van der Waals surface area contributed by atoms with Gasteiger partial charge in [-0.15, -0.1) is 0 Å². The summed E-state index contributed by atoms with van der Waals surface area (Å²) in [5.74, 6) is -2.40. The number of ether oxygens (including phenoxy) is 1. The summed E-state index contributed by atoms with van der Waals surface area (Å²) in [4.78, 5) is 34.2. The fraction of sp³-hybridized carbons (Fsp3) is 0.500. The highest BCUT2D eigenvalue weighted by atomic mass is 79.9. The van der Waals surface area contributed by atoms with E-state index in [9.17, 15) is 18.8 Å². The van der Waals surface area contributed by atoms with E-state index >= 15 is 0 Å². The molecule has 0 bridgehead atoms. The van der Waals surface area contributed by atoms with Gasteiger partial charge in [0, 0.05) is 21.7 Å². The van der Waals surface area contributed by atoms with Crippen LogP contribution in [0, 0.1) is 5.82 Å². The molecule has 1 saturated heterocycles. The molecule has 7 nitrogen and oxygen atoms in total. The van der Waals surface area contributed by atoms with E-state index in [2.05, 4.69) is 26.6 Å². The van der Waals surface area contributed by atoms with Gasteiger partial charge in [-0.25, -0.2) is 4.39 Å². The first-order valence-electron chi connectivity index (χ1n) is 8.72. The number of nitrogens with one attached hydrogen (secondary N) is 2. The number of carbonyl (C=O) groups excluding carboxylic acids is 2. The Balaban J connectivity index is 2.26. The van der Waals surface area contributed by atoms with Gasteiger partial charge in [-0.3, -0.25) is 14.9 Å². The highest BCUT2D eigenvalue weighted by molar-refractivity contribution is 9.10. The molecule has 1 amide bonds. The van der Waals surface area contributed by atoms with Crippen LogP contribution < -0.4 is 10.6 Å². The topological polar surface area (TPSA) is 105 Å². The predicted octanol–water partition coefficient (Wildman–Crippen LogP) is 2.73. The second-order valence-electron chi connectivity index (χ2n) is 6.59. The lowest BCUT2D eigenvalue weighted by atomic mass is 9.92. The third-order valence-electron chi connectivity index (χ3n) is 4.41. The average molecular weight is 480 g/mol. The first-order valence-corrected chi connectivity index (χ1v) is 9.90. The Kier molecular flexibility index (Phi) is 7.94. The van der Waals surface area contributed by atoms with Gasteiger partial charge in [0.05, 0.1) is 18.5 Å². The molecule has 1 aliphatic heterocycles. The maximum Gasteiger partial charge on any atom is 0.305 e. The van der Waals surface area contributed by atoms with Crippen LogP contribution in [0.2, 0.25) is 5.02 Å². The first-order chi connectivity index (χ1) is 13.2. The average Bonchev–Trinajstić information content (AvgIpc) is 2.60. The second kappa shape index (κ2) is 9.78. The molecule has 3 N–H and O–H groups in total. The lowest BCUT2D eigenvalue weighted by Gasteiger charge is -2.41. The van der Waals surface area contributed by atoms with Crippen molar-refractivity contribution < 1.29 is 28.6 Å². The van der Waals surface area contributed by atoms with Crippen molar-refractivity contribution >= 4 is 45.7 Å². The quantitative estimate of drug-likeness (QED) is 0.495. The van der Waals surface area contributed by atoms with Crippen LogP contribution in [-0.2, 0) is 24.8 Å². The van der Waals surface area contributed by atoms with Crippen LogP contribution in [-0.4, -0.2) is 42.0 Å². The Morgan fingerprint density at radius 3 is 2.71 bits per heavy atom. The molecule has 1 aromatic carbocycles. The Bertz CT molecular complexity index is 734. The number of aldehydes is 1. The van der Waals surface area contributed by atoms with Crippen LogP contribution in [0.4, 0.5) is 4.39 Å². The Labute approximate surface area is 175 Å². The Morgan fingerprint density at radius 1 is 1.46 bits per heavy atom. The largest absolute Gasteiger partial charge is 0.481 e. The van der Waals surface area contributed by atoms with E-state index in [1.165, 1.54) is 13.0 Å². The standard InChI is InChI=1S/C18H21BrClFN2O5/c1-10(17(27)22-12(9-24)8-15(25)26)23-18(4-2-3-5-28-18)16-13(19)6-11(20)7-14(16)21/h6-7,9-10,12,23H,2-5,8H2,1H3,(H,22,27)(H,25,26)/t10-,12-,18?/m0/s1.